The first-order valence-electron chi connectivity index (χ1n) is 6.55. The number of nitrogens with one attached hydrogen (secondary N) is 1. The van der Waals surface area contributed by atoms with Crippen LogP contribution in [0.4, 0.5) is 4.39 Å². The third kappa shape index (κ3) is 4.28. The van der Waals surface area contributed by atoms with Crippen molar-refractivity contribution < 1.29 is 9.13 Å². The number of halogens is 1. The van der Waals surface area contributed by atoms with Gasteiger partial charge in [-0.15, -0.1) is 0 Å². The Labute approximate surface area is 118 Å². The number of hydrogen-bond donors (Lipinski definition) is 1. The van der Waals surface area contributed by atoms with E-state index in [-0.39, 0.29) is 12.4 Å². The minimum atomic E-state index is -0.279. The highest BCUT2D eigenvalue weighted by atomic mass is 19.1. The van der Waals surface area contributed by atoms with Crippen LogP contribution in [0.15, 0.2) is 36.7 Å². The highest BCUT2D eigenvalue weighted by Crippen LogP contribution is 2.11. The molecule has 0 unspecified atom stereocenters. The van der Waals surface area contributed by atoms with E-state index in [1.165, 1.54) is 6.07 Å². The van der Waals surface area contributed by atoms with E-state index in [0.717, 1.165) is 5.69 Å². The summed E-state index contributed by atoms with van der Waals surface area (Å²) in [4.78, 5) is 8.40. The van der Waals surface area contributed by atoms with Crippen LogP contribution in [0.5, 0.6) is 5.88 Å². The second-order valence-corrected chi connectivity index (χ2v) is 4.76. The van der Waals surface area contributed by atoms with E-state index in [2.05, 4.69) is 29.1 Å². The topological polar surface area (TPSA) is 47.0 Å². The number of nitrogens with zero attached hydrogens (tertiary/aromatic N) is 2. The molecular formula is C15H18FN3O. The molecule has 0 saturated heterocycles. The van der Waals surface area contributed by atoms with Gasteiger partial charge in [0.05, 0.1) is 18.1 Å². The normalized spacial score (nSPS) is 10.8. The zero-order valence-corrected chi connectivity index (χ0v) is 11.6. The van der Waals surface area contributed by atoms with Crippen LogP contribution >= 0.6 is 0 Å². The zero-order valence-electron chi connectivity index (χ0n) is 11.6. The van der Waals surface area contributed by atoms with Crippen molar-refractivity contribution in [2.45, 2.75) is 33.0 Å². The molecule has 1 N–H and O–H groups in total. The number of benzene rings is 1. The van der Waals surface area contributed by atoms with Gasteiger partial charge in [-0.2, -0.15) is 0 Å². The van der Waals surface area contributed by atoms with Crippen LogP contribution in [-0.4, -0.2) is 16.0 Å². The molecule has 0 spiro atoms. The first kappa shape index (κ1) is 14.4. The van der Waals surface area contributed by atoms with Gasteiger partial charge in [0.1, 0.15) is 12.4 Å². The Balaban J connectivity index is 1.89. The van der Waals surface area contributed by atoms with Gasteiger partial charge in [-0.1, -0.05) is 32.0 Å². The summed E-state index contributed by atoms with van der Waals surface area (Å²) in [5, 5.41) is 3.25. The number of hydrogen-bond acceptors (Lipinski definition) is 4. The predicted octanol–water partition coefficient (Wildman–Crippen LogP) is 2.69. The fourth-order valence-corrected chi connectivity index (χ4v) is 1.58. The molecule has 5 heteroatoms. The van der Waals surface area contributed by atoms with Crippen LogP contribution in [0.2, 0.25) is 0 Å². The molecule has 1 aromatic carbocycles. The lowest BCUT2D eigenvalue weighted by atomic mass is 10.2. The van der Waals surface area contributed by atoms with Gasteiger partial charge in [0.15, 0.2) is 0 Å². The Morgan fingerprint density at radius 3 is 2.65 bits per heavy atom. The van der Waals surface area contributed by atoms with Crippen LogP contribution in [0.3, 0.4) is 0 Å². The largest absolute Gasteiger partial charge is 0.472 e. The summed E-state index contributed by atoms with van der Waals surface area (Å²) in [6.07, 6.45) is 3.21. The van der Waals surface area contributed by atoms with Gasteiger partial charge in [0.25, 0.3) is 0 Å². The highest BCUT2D eigenvalue weighted by molar-refractivity contribution is 5.17. The molecule has 0 aliphatic rings. The number of aromatic nitrogens is 2. The van der Waals surface area contributed by atoms with Crippen LogP contribution in [0, 0.1) is 5.82 Å². The molecule has 1 aromatic heterocycles. The van der Waals surface area contributed by atoms with E-state index >= 15 is 0 Å². The van der Waals surface area contributed by atoms with Crippen LogP contribution < -0.4 is 10.1 Å². The standard InChI is InChI=1S/C15H18FN3O/c1-11(2)17-7-13-8-19-15(9-18-13)20-10-12-5-3-4-6-14(12)16/h3-6,8-9,11,17H,7,10H2,1-2H3. The first-order chi connectivity index (χ1) is 9.65. The van der Waals surface area contributed by atoms with Crippen molar-refractivity contribution in [1.82, 2.24) is 15.3 Å². The average Bonchev–Trinajstić information content (AvgIpc) is 2.45. The van der Waals surface area contributed by atoms with Crippen LogP contribution in [-0.2, 0) is 13.2 Å². The summed E-state index contributed by atoms with van der Waals surface area (Å²) >= 11 is 0. The Bertz CT molecular complexity index is 543. The molecule has 1 heterocycles. The quantitative estimate of drug-likeness (QED) is 0.880. The zero-order chi connectivity index (χ0) is 14.4. The fraction of sp³-hybridized carbons (Fsp3) is 0.333. The third-order valence-electron chi connectivity index (χ3n) is 2.71. The van der Waals surface area contributed by atoms with E-state index in [1.807, 2.05) is 0 Å². The van der Waals surface area contributed by atoms with E-state index in [4.69, 9.17) is 4.74 Å². The van der Waals surface area contributed by atoms with Crippen molar-refractivity contribution in [3.63, 3.8) is 0 Å². The molecule has 0 saturated carbocycles. The Hall–Kier alpha value is -2.01. The molecule has 0 radical (unpaired) electrons. The van der Waals surface area contributed by atoms with E-state index in [0.29, 0.717) is 24.0 Å². The molecule has 0 amide bonds. The Morgan fingerprint density at radius 2 is 2.00 bits per heavy atom. The molecule has 4 nitrogen and oxygen atoms in total. The van der Waals surface area contributed by atoms with E-state index in [9.17, 15) is 4.39 Å². The average molecular weight is 275 g/mol. The van der Waals surface area contributed by atoms with Gasteiger partial charge in [-0.25, -0.2) is 9.37 Å². The summed E-state index contributed by atoms with van der Waals surface area (Å²) in [5.41, 5.74) is 1.34. The maximum Gasteiger partial charge on any atom is 0.232 e. The van der Waals surface area contributed by atoms with Crippen molar-refractivity contribution in [1.29, 1.82) is 0 Å². The van der Waals surface area contributed by atoms with Crippen LogP contribution in [0.25, 0.3) is 0 Å². The number of rotatable bonds is 6. The third-order valence-corrected chi connectivity index (χ3v) is 2.71. The second kappa shape index (κ2) is 6.96. The lowest BCUT2D eigenvalue weighted by Crippen LogP contribution is -2.22. The van der Waals surface area contributed by atoms with E-state index in [1.54, 1.807) is 30.6 Å². The molecule has 0 aliphatic carbocycles. The molecule has 0 atom stereocenters. The predicted molar refractivity (Wildman–Crippen MR) is 74.7 cm³/mol. The van der Waals surface area contributed by atoms with Gasteiger partial charge >= 0.3 is 0 Å². The lowest BCUT2D eigenvalue weighted by molar-refractivity contribution is 0.286. The first-order valence-corrected chi connectivity index (χ1v) is 6.55. The summed E-state index contributed by atoms with van der Waals surface area (Å²) < 4.78 is 18.8. The van der Waals surface area contributed by atoms with Gasteiger partial charge in [-0.3, -0.25) is 4.98 Å². The van der Waals surface area contributed by atoms with Crippen molar-refractivity contribution in [2.75, 3.05) is 0 Å². The molecule has 106 valence electrons. The van der Waals surface area contributed by atoms with Gasteiger partial charge in [-0.05, 0) is 6.07 Å². The lowest BCUT2D eigenvalue weighted by Gasteiger charge is -2.08. The molecule has 0 aliphatic heterocycles. The Morgan fingerprint density at radius 1 is 1.20 bits per heavy atom. The van der Waals surface area contributed by atoms with E-state index < -0.39 is 0 Å². The van der Waals surface area contributed by atoms with Crippen molar-refractivity contribution in [3.8, 4) is 5.88 Å². The van der Waals surface area contributed by atoms with Crippen molar-refractivity contribution in [3.05, 3.63) is 53.7 Å². The maximum atomic E-state index is 13.4. The van der Waals surface area contributed by atoms with Crippen molar-refractivity contribution in [2.24, 2.45) is 0 Å². The summed E-state index contributed by atoms with van der Waals surface area (Å²) in [6.45, 7) is 4.95. The molecule has 20 heavy (non-hydrogen) atoms. The maximum absolute atomic E-state index is 13.4. The summed E-state index contributed by atoms with van der Waals surface area (Å²) in [5.74, 6) is 0.111. The molecule has 2 rings (SSSR count). The minimum Gasteiger partial charge on any atom is -0.472 e. The SMILES string of the molecule is CC(C)NCc1cnc(OCc2ccccc2F)cn1. The van der Waals surface area contributed by atoms with Gasteiger partial charge < -0.3 is 10.1 Å². The summed E-state index contributed by atoms with van der Waals surface area (Å²) in [6, 6.07) is 6.91. The number of ether oxygens (including phenoxy) is 1. The molecule has 0 bridgehead atoms. The highest BCUT2D eigenvalue weighted by Gasteiger charge is 2.03. The van der Waals surface area contributed by atoms with Gasteiger partial charge in [0.2, 0.25) is 5.88 Å². The smallest absolute Gasteiger partial charge is 0.232 e. The van der Waals surface area contributed by atoms with Crippen LogP contribution in [0.1, 0.15) is 25.1 Å². The molecule has 0 fully saturated rings. The summed E-state index contributed by atoms with van der Waals surface area (Å²) in [7, 11) is 0. The van der Waals surface area contributed by atoms with Crippen molar-refractivity contribution >= 4 is 0 Å². The molecular weight excluding hydrogens is 257 g/mol. The fourth-order valence-electron chi connectivity index (χ4n) is 1.58. The Kier molecular flexibility index (Phi) is 5.01. The van der Waals surface area contributed by atoms with Gasteiger partial charge in [0, 0.05) is 18.2 Å². The monoisotopic (exact) mass is 275 g/mol. The second-order valence-electron chi connectivity index (χ2n) is 4.76. The molecule has 2 aromatic rings. The minimum absolute atomic E-state index is 0.144.